The summed E-state index contributed by atoms with van der Waals surface area (Å²) in [7, 11) is 1.72. The Morgan fingerprint density at radius 3 is 2.12 bits per heavy atom. The Labute approximate surface area is 55.3 Å². The molecule has 0 rings (SSSR count). The van der Waals surface area contributed by atoms with E-state index in [1.54, 1.807) is 11.9 Å². The van der Waals surface area contributed by atoms with Crippen molar-refractivity contribution in [2.24, 2.45) is 0 Å². The van der Waals surface area contributed by atoms with Crippen molar-refractivity contribution in [3.05, 3.63) is 0 Å². The molecule has 0 heterocycles. The molecule has 0 radical (unpaired) electrons. The fraction of sp³-hybridized carbons (Fsp3) is 0.800. The highest BCUT2D eigenvalue weighted by molar-refractivity contribution is 7.80. The molecule has 1 atom stereocenters. The maximum absolute atomic E-state index is 10.5. The quantitative estimate of drug-likeness (QED) is 0.413. The van der Waals surface area contributed by atoms with E-state index in [4.69, 9.17) is 0 Å². The second-order valence-electron chi connectivity index (χ2n) is 1.76. The van der Waals surface area contributed by atoms with E-state index < -0.39 is 0 Å². The zero-order valence-corrected chi connectivity index (χ0v) is 6.27. The van der Waals surface area contributed by atoms with Gasteiger partial charge in [0.15, 0.2) is 0 Å². The van der Waals surface area contributed by atoms with Crippen molar-refractivity contribution in [1.82, 2.24) is 4.90 Å². The highest BCUT2D eigenvalue weighted by atomic mass is 32.1. The van der Waals surface area contributed by atoms with Crippen molar-refractivity contribution in [3.63, 3.8) is 0 Å². The van der Waals surface area contributed by atoms with Crippen molar-refractivity contribution < 1.29 is 4.79 Å². The third-order valence-corrected chi connectivity index (χ3v) is 1.40. The van der Waals surface area contributed by atoms with E-state index in [2.05, 4.69) is 12.6 Å². The summed E-state index contributed by atoms with van der Waals surface area (Å²) in [4.78, 5) is 12.0. The standard InChI is InChI=1S/C5H11NOS/c1-4(7)6(3)5(2)8/h5,8H,1-3H3. The summed E-state index contributed by atoms with van der Waals surface area (Å²) in [5.74, 6) is 0.0486. The van der Waals surface area contributed by atoms with Crippen LogP contribution in [0.5, 0.6) is 0 Å². The molecular formula is C5H11NOS. The van der Waals surface area contributed by atoms with Gasteiger partial charge in [0.2, 0.25) is 5.91 Å². The van der Waals surface area contributed by atoms with Gasteiger partial charge in [0.05, 0.1) is 5.37 Å². The maximum atomic E-state index is 10.5. The first-order valence-corrected chi connectivity index (χ1v) is 2.99. The van der Waals surface area contributed by atoms with E-state index >= 15 is 0 Å². The SMILES string of the molecule is CC(=O)N(C)C(C)S. The zero-order chi connectivity index (χ0) is 6.73. The summed E-state index contributed by atoms with van der Waals surface area (Å²) >= 11 is 4.04. The molecule has 0 aliphatic carbocycles. The van der Waals surface area contributed by atoms with Crippen molar-refractivity contribution in [2.75, 3.05) is 7.05 Å². The topological polar surface area (TPSA) is 20.3 Å². The van der Waals surface area contributed by atoms with Crippen LogP contribution in [-0.2, 0) is 4.79 Å². The van der Waals surface area contributed by atoms with Crippen molar-refractivity contribution in [2.45, 2.75) is 19.2 Å². The lowest BCUT2D eigenvalue weighted by atomic mass is 10.5. The minimum absolute atomic E-state index is 0.0208. The van der Waals surface area contributed by atoms with Gasteiger partial charge in [0.25, 0.3) is 0 Å². The van der Waals surface area contributed by atoms with Gasteiger partial charge in [-0.2, -0.15) is 12.6 Å². The zero-order valence-electron chi connectivity index (χ0n) is 5.38. The normalized spacial score (nSPS) is 13.0. The maximum Gasteiger partial charge on any atom is 0.220 e. The third kappa shape index (κ3) is 2.21. The lowest BCUT2D eigenvalue weighted by Gasteiger charge is -2.17. The Morgan fingerprint density at radius 2 is 2.12 bits per heavy atom. The minimum Gasteiger partial charge on any atom is -0.335 e. The lowest BCUT2D eigenvalue weighted by molar-refractivity contribution is -0.127. The van der Waals surface area contributed by atoms with Gasteiger partial charge in [0.1, 0.15) is 0 Å². The number of thiol groups is 1. The summed E-state index contributed by atoms with van der Waals surface area (Å²) < 4.78 is 0. The average Bonchev–Trinajstić information content (AvgIpc) is 1.64. The Balaban J connectivity index is 3.64. The van der Waals surface area contributed by atoms with E-state index in [0.717, 1.165) is 0 Å². The molecule has 8 heavy (non-hydrogen) atoms. The van der Waals surface area contributed by atoms with Crippen molar-refractivity contribution >= 4 is 18.5 Å². The van der Waals surface area contributed by atoms with Crippen LogP contribution in [0.25, 0.3) is 0 Å². The molecule has 0 N–H and O–H groups in total. The van der Waals surface area contributed by atoms with Crippen LogP contribution in [0, 0.1) is 0 Å². The third-order valence-electron chi connectivity index (χ3n) is 1.06. The number of hydrogen-bond acceptors (Lipinski definition) is 2. The molecule has 1 amide bonds. The molecule has 0 saturated heterocycles. The van der Waals surface area contributed by atoms with E-state index in [0.29, 0.717) is 0 Å². The smallest absolute Gasteiger partial charge is 0.220 e. The second-order valence-corrected chi connectivity index (χ2v) is 2.51. The van der Waals surface area contributed by atoms with Crippen molar-refractivity contribution in [1.29, 1.82) is 0 Å². The highest BCUT2D eigenvalue weighted by Crippen LogP contribution is 1.97. The van der Waals surface area contributed by atoms with Crippen LogP contribution >= 0.6 is 12.6 Å². The van der Waals surface area contributed by atoms with Gasteiger partial charge in [-0.15, -0.1) is 0 Å². The van der Waals surface area contributed by atoms with Crippen LogP contribution in [0.2, 0.25) is 0 Å². The van der Waals surface area contributed by atoms with Crippen LogP contribution in [-0.4, -0.2) is 23.2 Å². The number of carbonyl (C=O) groups excluding carboxylic acids is 1. The minimum atomic E-state index is 0.0208. The summed E-state index contributed by atoms with van der Waals surface area (Å²) in [6, 6.07) is 0. The molecule has 48 valence electrons. The molecule has 2 nitrogen and oxygen atoms in total. The van der Waals surface area contributed by atoms with Gasteiger partial charge in [-0.3, -0.25) is 4.79 Å². The van der Waals surface area contributed by atoms with E-state index in [1.165, 1.54) is 6.92 Å². The van der Waals surface area contributed by atoms with Crippen molar-refractivity contribution in [3.8, 4) is 0 Å². The Hall–Kier alpha value is -0.180. The highest BCUT2D eigenvalue weighted by Gasteiger charge is 2.04. The molecule has 1 unspecified atom stereocenters. The largest absolute Gasteiger partial charge is 0.335 e. The monoisotopic (exact) mass is 133 g/mol. The Kier molecular flexibility index (Phi) is 2.90. The fourth-order valence-electron chi connectivity index (χ4n) is 0.263. The van der Waals surface area contributed by atoms with Crippen LogP contribution in [0.4, 0.5) is 0 Å². The Bertz CT molecular complexity index is 92.4. The van der Waals surface area contributed by atoms with Gasteiger partial charge < -0.3 is 4.90 Å². The van der Waals surface area contributed by atoms with Crippen LogP contribution < -0.4 is 0 Å². The first-order chi connectivity index (χ1) is 3.55. The number of rotatable bonds is 1. The molecule has 0 aromatic carbocycles. The molecular weight excluding hydrogens is 122 g/mol. The molecule has 0 fully saturated rings. The fourth-order valence-corrected chi connectivity index (χ4v) is 0.426. The number of hydrogen-bond donors (Lipinski definition) is 1. The average molecular weight is 133 g/mol. The molecule has 0 bridgehead atoms. The van der Waals surface area contributed by atoms with E-state index in [-0.39, 0.29) is 11.3 Å². The predicted molar refractivity (Wildman–Crippen MR) is 36.9 cm³/mol. The molecule has 0 aromatic rings. The van der Waals surface area contributed by atoms with E-state index in [1.807, 2.05) is 6.92 Å². The summed E-state index contributed by atoms with van der Waals surface area (Å²) in [6.45, 7) is 3.37. The van der Waals surface area contributed by atoms with Crippen LogP contribution in [0.1, 0.15) is 13.8 Å². The van der Waals surface area contributed by atoms with Crippen LogP contribution in [0.3, 0.4) is 0 Å². The van der Waals surface area contributed by atoms with Gasteiger partial charge in [-0.05, 0) is 6.92 Å². The van der Waals surface area contributed by atoms with Gasteiger partial charge in [0, 0.05) is 14.0 Å². The molecule has 0 spiro atoms. The molecule has 0 aliphatic heterocycles. The summed E-state index contributed by atoms with van der Waals surface area (Å²) in [6.07, 6.45) is 0. The van der Waals surface area contributed by atoms with Gasteiger partial charge >= 0.3 is 0 Å². The Morgan fingerprint density at radius 1 is 1.75 bits per heavy atom. The molecule has 0 aliphatic rings. The van der Waals surface area contributed by atoms with Crippen LogP contribution in [0.15, 0.2) is 0 Å². The van der Waals surface area contributed by atoms with E-state index in [9.17, 15) is 4.79 Å². The number of amides is 1. The summed E-state index contributed by atoms with van der Waals surface area (Å²) in [5.41, 5.74) is 0. The first-order valence-electron chi connectivity index (χ1n) is 2.47. The molecule has 0 aromatic heterocycles. The first kappa shape index (κ1) is 7.82. The second kappa shape index (κ2) is 2.97. The predicted octanol–water partition coefficient (Wildman–Crippen LogP) is 0.740. The number of nitrogens with zero attached hydrogens (tertiary/aromatic N) is 1. The summed E-state index contributed by atoms with van der Waals surface area (Å²) in [5, 5.41) is 0.0208. The van der Waals surface area contributed by atoms with Gasteiger partial charge in [-0.25, -0.2) is 0 Å². The molecule has 3 heteroatoms. The van der Waals surface area contributed by atoms with Gasteiger partial charge in [-0.1, -0.05) is 0 Å². The lowest BCUT2D eigenvalue weighted by Crippen LogP contribution is -2.28. The number of carbonyl (C=O) groups is 1. The molecule has 0 saturated carbocycles.